The normalized spacial score (nSPS) is 15.6. The quantitative estimate of drug-likeness (QED) is 0.840. The molecule has 1 unspecified atom stereocenters. The van der Waals surface area contributed by atoms with Gasteiger partial charge >= 0.3 is 0 Å². The first-order valence-electron chi connectivity index (χ1n) is 7.67. The van der Waals surface area contributed by atoms with Crippen molar-refractivity contribution in [2.24, 2.45) is 0 Å². The molecule has 2 rings (SSSR count). The number of hydrogen-bond acceptors (Lipinski definition) is 3. The van der Waals surface area contributed by atoms with Crippen molar-refractivity contribution >= 4 is 11.8 Å². The van der Waals surface area contributed by atoms with Crippen molar-refractivity contribution in [3.05, 3.63) is 23.7 Å². The van der Waals surface area contributed by atoms with Crippen LogP contribution in [0, 0.1) is 6.92 Å². The summed E-state index contributed by atoms with van der Waals surface area (Å²) in [6.07, 6.45) is 4.84. The van der Waals surface area contributed by atoms with E-state index in [0.717, 1.165) is 19.3 Å². The molecule has 1 saturated carbocycles. The molecule has 0 spiro atoms. The Kier molecular flexibility index (Phi) is 5.04. The Morgan fingerprint density at radius 2 is 2.19 bits per heavy atom. The van der Waals surface area contributed by atoms with Crippen LogP contribution < -0.4 is 5.32 Å². The molecular weight excluding hydrogens is 268 g/mol. The van der Waals surface area contributed by atoms with Gasteiger partial charge in [-0.1, -0.05) is 6.92 Å². The molecule has 0 saturated heterocycles. The summed E-state index contributed by atoms with van der Waals surface area (Å²) >= 11 is 0. The zero-order valence-electron chi connectivity index (χ0n) is 13.0. The van der Waals surface area contributed by atoms with E-state index in [2.05, 4.69) is 5.32 Å². The van der Waals surface area contributed by atoms with E-state index in [-0.39, 0.29) is 23.9 Å². The largest absolute Gasteiger partial charge is 0.469 e. The van der Waals surface area contributed by atoms with Crippen LogP contribution in [0.1, 0.15) is 55.6 Å². The summed E-state index contributed by atoms with van der Waals surface area (Å²) in [5, 5.41) is 2.93. The van der Waals surface area contributed by atoms with Gasteiger partial charge in [-0.05, 0) is 39.2 Å². The average Bonchev–Trinajstić information content (AvgIpc) is 3.19. The SMILES string of the molecule is CCC(C)NC(=O)CCN(C(=O)c1ccoc1C)C1CC1. The molecule has 0 radical (unpaired) electrons. The Morgan fingerprint density at radius 1 is 1.48 bits per heavy atom. The van der Waals surface area contributed by atoms with E-state index in [0.29, 0.717) is 24.3 Å². The molecule has 0 aromatic carbocycles. The lowest BCUT2D eigenvalue weighted by atomic mass is 10.2. The van der Waals surface area contributed by atoms with E-state index in [1.165, 1.54) is 6.26 Å². The molecule has 1 aromatic heterocycles. The van der Waals surface area contributed by atoms with Crippen molar-refractivity contribution in [3.8, 4) is 0 Å². The predicted molar refractivity (Wildman–Crippen MR) is 80.0 cm³/mol. The second-order valence-electron chi connectivity index (χ2n) is 5.75. The number of nitrogens with zero attached hydrogens (tertiary/aromatic N) is 1. The number of aryl methyl sites for hydroxylation is 1. The summed E-state index contributed by atoms with van der Waals surface area (Å²) < 4.78 is 5.20. The fourth-order valence-electron chi connectivity index (χ4n) is 2.27. The molecule has 116 valence electrons. The van der Waals surface area contributed by atoms with E-state index in [4.69, 9.17) is 4.42 Å². The fourth-order valence-corrected chi connectivity index (χ4v) is 2.27. The summed E-state index contributed by atoms with van der Waals surface area (Å²) in [6.45, 7) is 6.27. The number of nitrogens with one attached hydrogen (secondary N) is 1. The summed E-state index contributed by atoms with van der Waals surface area (Å²) in [5.74, 6) is 0.613. The van der Waals surface area contributed by atoms with Gasteiger partial charge in [-0.2, -0.15) is 0 Å². The molecule has 21 heavy (non-hydrogen) atoms. The van der Waals surface area contributed by atoms with Gasteiger partial charge in [0, 0.05) is 25.0 Å². The fraction of sp³-hybridized carbons (Fsp3) is 0.625. The molecule has 1 aliphatic rings. The van der Waals surface area contributed by atoms with Gasteiger partial charge < -0.3 is 14.6 Å². The number of carbonyl (C=O) groups excluding carboxylic acids is 2. The minimum absolute atomic E-state index is 0.00622. The van der Waals surface area contributed by atoms with Crippen LogP contribution >= 0.6 is 0 Å². The molecule has 1 aromatic rings. The summed E-state index contributed by atoms with van der Waals surface area (Å²) in [7, 11) is 0. The minimum Gasteiger partial charge on any atom is -0.469 e. The van der Waals surface area contributed by atoms with Gasteiger partial charge in [0.05, 0.1) is 11.8 Å². The topological polar surface area (TPSA) is 62.6 Å². The van der Waals surface area contributed by atoms with Crippen molar-refractivity contribution in [1.82, 2.24) is 10.2 Å². The van der Waals surface area contributed by atoms with E-state index in [1.54, 1.807) is 13.0 Å². The Hall–Kier alpha value is -1.78. The standard InChI is InChI=1S/C16H24N2O3/c1-4-11(2)17-15(19)7-9-18(13-5-6-13)16(20)14-8-10-21-12(14)3/h8,10-11,13H,4-7,9H2,1-3H3,(H,17,19). The van der Waals surface area contributed by atoms with Crippen LogP contribution in [0.25, 0.3) is 0 Å². The van der Waals surface area contributed by atoms with Crippen molar-refractivity contribution < 1.29 is 14.0 Å². The lowest BCUT2D eigenvalue weighted by molar-refractivity contribution is -0.121. The molecule has 0 aliphatic heterocycles. The molecule has 5 nitrogen and oxygen atoms in total. The molecule has 1 atom stereocenters. The van der Waals surface area contributed by atoms with E-state index in [9.17, 15) is 9.59 Å². The number of carbonyl (C=O) groups is 2. The number of rotatable bonds is 7. The van der Waals surface area contributed by atoms with Gasteiger partial charge in [-0.3, -0.25) is 9.59 Å². The highest BCUT2D eigenvalue weighted by Crippen LogP contribution is 2.29. The second kappa shape index (κ2) is 6.78. The van der Waals surface area contributed by atoms with E-state index in [1.807, 2.05) is 18.7 Å². The zero-order chi connectivity index (χ0) is 15.4. The predicted octanol–water partition coefficient (Wildman–Crippen LogP) is 2.50. The highest BCUT2D eigenvalue weighted by atomic mass is 16.3. The third-order valence-electron chi connectivity index (χ3n) is 3.94. The monoisotopic (exact) mass is 292 g/mol. The number of furan rings is 1. The van der Waals surface area contributed by atoms with E-state index < -0.39 is 0 Å². The lowest BCUT2D eigenvalue weighted by Gasteiger charge is -2.22. The van der Waals surface area contributed by atoms with Crippen LogP contribution in [-0.4, -0.2) is 35.3 Å². The lowest BCUT2D eigenvalue weighted by Crippen LogP contribution is -2.38. The third kappa shape index (κ3) is 4.09. The Balaban J connectivity index is 1.93. The van der Waals surface area contributed by atoms with Gasteiger partial charge in [0.1, 0.15) is 5.76 Å². The van der Waals surface area contributed by atoms with Crippen molar-refractivity contribution in [1.29, 1.82) is 0 Å². The van der Waals surface area contributed by atoms with E-state index >= 15 is 0 Å². The molecular formula is C16H24N2O3. The van der Waals surface area contributed by atoms with Gasteiger partial charge in [0.25, 0.3) is 5.91 Å². The van der Waals surface area contributed by atoms with Gasteiger partial charge in [0.2, 0.25) is 5.91 Å². The highest BCUT2D eigenvalue weighted by molar-refractivity contribution is 5.95. The third-order valence-corrected chi connectivity index (χ3v) is 3.94. The Morgan fingerprint density at radius 3 is 2.71 bits per heavy atom. The van der Waals surface area contributed by atoms with Crippen LogP contribution in [0.2, 0.25) is 0 Å². The van der Waals surface area contributed by atoms with Gasteiger partial charge in [-0.15, -0.1) is 0 Å². The number of hydrogen-bond donors (Lipinski definition) is 1. The summed E-state index contributed by atoms with van der Waals surface area (Å²) in [5.41, 5.74) is 0.601. The Labute approximate surface area is 125 Å². The van der Waals surface area contributed by atoms with Gasteiger partial charge in [-0.25, -0.2) is 0 Å². The van der Waals surface area contributed by atoms with Crippen LogP contribution in [-0.2, 0) is 4.79 Å². The number of amides is 2. The summed E-state index contributed by atoms with van der Waals surface area (Å²) in [6, 6.07) is 2.16. The maximum absolute atomic E-state index is 12.5. The highest BCUT2D eigenvalue weighted by Gasteiger charge is 2.34. The first-order chi connectivity index (χ1) is 10.0. The molecule has 0 bridgehead atoms. The van der Waals surface area contributed by atoms with Crippen LogP contribution in [0.3, 0.4) is 0 Å². The average molecular weight is 292 g/mol. The molecule has 1 heterocycles. The molecule has 1 aliphatic carbocycles. The van der Waals surface area contributed by atoms with Crippen molar-refractivity contribution in [2.45, 2.75) is 58.5 Å². The first-order valence-corrected chi connectivity index (χ1v) is 7.67. The zero-order valence-corrected chi connectivity index (χ0v) is 13.0. The van der Waals surface area contributed by atoms with Crippen molar-refractivity contribution in [2.75, 3.05) is 6.54 Å². The maximum Gasteiger partial charge on any atom is 0.257 e. The van der Waals surface area contributed by atoms with Crippen LogP contribution in [0.4, 0.5) is 0 Å². The maximum atomic E-state index is 12.5. The molecule has 5 heteroatoms. The molecule has 1 N–H and O–H groups in total. The molecule has 2 amide bonds. The van der Waals surface area contributed by atoms with Gasteiger partial charge in [0.15, 0.2) is 0 Å². The summed E-state index contributed by atoms with van der Waals surface area (Å²) in [4.78, 5) is 26.2. The minimum atomic E-state index is -0.0277. The Bertz CT molecular complexity index is 505. The van der Waals surface area contributed by atoms with Crippen LogP contribution in [0.5, 0.6) is 0 Å². The van der Waals surface area contributed by atoms with Crippen LogP contribution in [0.15, 0.2) is 16.7 Å². The molecule has 1 fully saturated rings. The smallest absolute Gasteiger partial charge is 0.257 e. The van der Waals surface area contributed by atoms with Crippen molar-refractivity contribution in [3.63, 3.8) is 0 Å². The first kappa shape index (κ1) is 15.6. The second-order valence-corrected chi connectivity index (χ2v) is 5.75.